The normalized spacial score (nSPS) is 20.0. The van der Waals surface area contributed by atoms with Gasteiger partial charge >= 0.3 is 0 Å². The minimum atomic E-state index is -0.916. The highest BCUT2D eigenvalue weighted by atomic mass is 32.2. The van der Waals surface area contributed by atoms with Gasteiger partial charge in [-0.2, -0.15) is 0 Å². The molecular formula is C16H25NO2S. The number of likely N-dealkylation sites (N-methyl/N-ethyl adjacent to an activating group) is 1. The third kappa shape index (κ3) is 4.40. The van der Waals surface area contributed by atoms with E-state index >= 15 is 0 Å². The fourth-order valence-electron chi connectivity index (χ4n) is 3.02. The first-order chi connectivity index (χ1) is 9.48. The Labute approximate surface area is 124 Å². The first kappa shape index (κ1) is 15.7. The fourth-order valence-corrected chi connectivity index (χ4v) is 3.54. The second kappa shape index (κ2) is 6.83. The van der Waals surface area contributed by atoms with E-state index in [2.05, 4.69) is 11.9 Å². The molecule has 20 heavy (non-hydrogen) atoms. The molecule has 0 saturated heterocycles. The van der Waals surface area contributed by atoms with Crippen molar-refractivity contribution >= 4 is 10.8 Å². The van der Waals surface area contributed by atoms with Crippen LogP contribution in [0.1, 0.15) is 37.7 Å². The van der Waals surface area contributed by atoms with Crippen LogP contribution < -0.4 is 0 Å². The quantitative estimate of drug-likeness (QED) is 0.907. The largest absolute Gasteiger partial charge is 0.389 e. The summed E-state index contributed by atoms with van der Waals surface area (Å²) in [6.45, 7) is 1.55. The lowest BCUT2D eigenvalue weighted by molar-refractivity contribution is -0.0223. The Balaban J connectivity index is 1.90. The van der Waals surface area contributed by atoms with Crippen molar-refractivity contribution in [2.45, 2.75) is 49.1 Å². The van der Waals surface area contributed by atoms with E-state index in [4.69, 9.17) is 0 Å². The molecule has 3 nitrogen and oxygen atoms in total. The molecule has 1 N–H and O–H groups in total. The number of hydrogen-bond acceptors (Lipinski definition) is 3. The fraction of sp³-hybridized carbons (Fsp3) is 0.625. The summed E-state index contributed by atoms with van der Waals surface area (Å²) in [6.07, 6.45) is 7.07. The highest BCUT2D eigenvalue weighted by Gasteiger charge is 2.30. The highest BCUT2D eigenvalue weighted by Crippen LogP contribution is 2.28. The predicted octanol–water partition coefficient (Wildman–Crippen LogP) is 2.55. The van der Waals surface area contributed by atoms with Crippen molar-refractivity contribution in [2.24, 2.45) is 0 Å². The molecule has 0 heterocycles. The van der Waals surface area contributed by atoms with Gasteiger partial charge in [-0.1, -0.05) is 31.4 Å². The van der Waals surface area contributed by atoms with E-state index in [-0.39, 0.29) is 0 Å². The molecule has 0 bridgehead atoms. The number of rotatable bonds is 5. The van der Waals surface area contributed by atoms with Crippen molar-refractivity contribution in [3.8, 4) is 0 Å². The van der Waals surface area contributed by atoms with Gasteiger partial charge in [0.1, 0.15) is 0 Å². The van der Waals surface area contributed by atoms with Crippen LogP contribution in [0.5, 0.6) is 0 Å². The van der Waals surface area contributed by atoms with E-state index in [1.165, 1.54) is 12.0 Å². The van der Waals surface area contributed by atoms with E-state index < -0.39 is 16.4 Å². The second-order valence-corrected chi connectivity index (χ2v) is 7.44. The van der Waals surface area contributed by atoms with Gasteiger partial charge in [-0.15, -0.1) is 0 Å². The molecule has 1 aromatic carbocycles. The summed E-state index contributed by atoms with van der Waals surface area (Å²) in [5.41, 5.74) is 0.693. The molecular weight excluding hydrogens is 270 g/mol. The Hall–Kier alpha value is -0.710. The topological polar surface area (TPSA) is 40.5 Å². The van der Waals surface area contributed by atoms with Crippen molar-refractivity contribution in [2.75, 3.05) is 19.8 Å². The molecule has 2 rings (SSSR count). The van der Waals surface area contributed by atoms with Crippen LogP contribution in [-0.4, -0.2) is 39.7 Å². The van der Waals surface area contributed by atoms with E-state index in [0.29, 0.717) is 0 Å². The molecule has 0 spiro atoms. The van der Waals surface area contributed by atoms with Gasteiger partial charge in [-0.05, 0) is 37.6 Å². The summed E-state index contributed by atoms with van der Waals surface area (Å²) < 4.78 is 11.4. The minimum Gasteiger partial charge on any atom is -0.389 e. The maximum Gasteiger partial charge on any atom is 0.0774 e. The molecule has 0 aromatic heterocycles. The summed E-state index contributed by atoms with van der Waals surface area (Å²) in [7, 11) is 1.14. The van der Waals surface area contributed by atoms with Crippen molar-refractivity contribution in [1.82, 2.24) is 4.90 Å². The Morgan fingerprint density at radius 3 is 2.35 bits per heavy atom. The van der Waals surface area contributed by atoms with E-state index in [1.54, 1.807) is 6.26 Å². The second-order valence-electron chi connectivity index (χ2n) is 6.06. The molecule has 4 heteroatoms. The molecule has 112 valence electrons. The lowest BCUT2D eigenvalue weighted by Crippen LogP contribution is -2.42. The van der Waals surface area contributed by atoms with Crippen LogP contribution in [0.2, 0.25) is 0 Å². The first-order valence-electron chi connectivity index (χ1n) is 7.32. The molecule has 1 aromatic rings. The molecule has 1 aliphatic carbocycles. The maximum atomic E-state index is 11.4. The highest BCUT2D eigenvalue weighted by molar-refractivity contribution is 7.84. The molecule has 1 unspecified atom stereocenters. The van der Waals surface area contributed by atoms with E-state index in [0.717, 1.165) is 43.7 Å². The zero-order valence-corrected chi connectivity index (χ0v) is 13.3. The van der Waals surface area contributed by atoms with Gasteiger partial charge in [0.15, 0.2) is 0 Å². The van der Waals surface area contributed by atoms with Crippen molar-refractivity contribution < 1.29 is 9.32 Å². The third-order valence-electron chi connectivity index (χ3n) is 4.06. The number of hydrogen-bond donors (Lipinski definition) is 1. The average molecular weight is 295 g/mol. The number of aliphatic hydroxyl groups is 1. The lowest BCUT2D eigenvalue weighted by atomic mass is 9.84. The van der Waals surface area contributed by atoms with Crippen LogP contribution in [0, 0.1) is 0 Å². The zero-order chi connectivity index (χ0) is 14.6. The monoisotopic (exact) mass is 295 g/mol. The van der Waals surface area contributed by atoms with Gasteiger partial charge in [-0.3, -0.25) is 9.11 Å². The Kier molecular flexibility index (Phi) is 5.35. The summed E-state index contributed by atoms with van der Waals surface area (Å²) in [5, 5.41) is 10.6. The molecule has 1 aliphatic rings. The van der Waals surface area contributed by atoms with E-state index in [9.17, 15) is 9.32 Å². The van der Waals surface area contributed by atoms with E-state index in [1.807, 2.05) is 24.3 Å². The molecule has 1 fully saturated rings. The van der Waals surface area contributed by atoms with Gasteiger partial charge in [0, 0.05) is 35.0 Å². The Bertz CT molecular complexity index is 452. The smallest absolute Gasteiger partial charge is 0.0774 e. The number of nitrogens with zero attached hydrogens (tertiary/aromatic N) is 1. The van der Waals surface area contributed by atoms with Crippen LogP contribution in [0.15, 0.2) is 29.2 Å². The van der Waals surface area contributed by atoms with Gasteiger partial charge in [0.05, 0.1) is 5.60 Å². The van der Waals surface area contributed by atoms with Gasteiger partial charge < -0.3 is 5.11 Å². The Morgan fingerprint density at radius 2 is 1.80 bits per heavy atom. The van der Waals surface area contributed by atoms with Gasteiger partial charge in [0.25, 0.3) is 0 Å². The molecule has 0 radical (unpaired) electrons. The standard InChI is InChI=1S/C16H25NO2S/c1-17(13-16(18)10-4-3-5-11-16)12-14-6-8-15(9-7-14)20(2)19/h6-9,18H,3-5,10-13H2,1-2H3. The third-order valence-corrected chi connectivity index (χ3v) is 4.99. The summed E-state index contributed by atoms with van der Waals surface area (Å²) in [5.74, 6) is 0. The van der Waals surface area contributed by atoms with Gasteiger partial charge in [-0.25, -0.2) is 0 Å². The van der Waals surface area contributed by atoms with Gasteiger partial charge in [0.2, 0.25) is 0 Å². The lowest BCUT2D eigenvalue weighted by Gasteiger charge is -2.35. The molecule has 1 atom stereocenters. The first-order valence-corrected chi connectivity index (χ1v) is 8.88. The minimum absolute atomic E-state index is 0.502. The Morgan fingerprint density at radius 1 is 1.20 bits per heavy atom. The molecule has 0 amide bonds. The van der Waals surface area contributed by atoms with Crippen LogP contribution in [0.25, 0.3) is 0 Å². The summed E-state index contributed by atoms with van der Waals surface area (Å²) in [6, 6.07) is 7.90. The summed E-state index contributed by atoms with van der Waals surface area (Å²) >= 11 is 0. The SMILES string of the molecule is CN(Cc1ccc(S(C)=O)cc1)CC1(O)CCCCC1. The van der Waals surface area contributed by atoms with Crippen molar-refractivity contribution in [1.29, 1.82) is 0 Å². The average Bonchev–Trinajstić information content (AvgIpc) is 2.39. The molecule has 0 aliphatic heterocycles. The zero-order valence-electron chi connectivity index (χ0n) is 12.5. The maximum absolute atomic E-state index is 11.4. The van der Waals surface area contributed by atoms with Crippen LogP contribution >= 0.6 is 0 Å². The van der Waals surface area contributed by atoms with Crippen LogP contribution in [0.4, 0.5) is 0 Å². The number of benzene rings is 1. The summed E-state index contributed by atoms with van der Waals surface area (Å²) in [4.78, 5) is 3.05. The predicted molar refractivity (Wildman–Crippen MR) is 83.1 cm³/mol. The van der Waals surface area contributed by atoms with Crippen molar-refractivity contribution in [3.05, 3.63) is 29.8 Å². The van der Waals surface area contributed by atoms with Crippen molar-refractivity contribution in [3.63, 3.8) is 0 Å². The van der Waals surface area contributed by atoms with Crippen LogP contribution in [-0.2, 0) is 17.3 Å². The molecule has 1 saturated carbocycles. The van der Waals surface area contributed by atoms with Crippen LogP contribution in [0.3, 0.4) is 0 Å².